The van der Waals surface area contributed by atoms with Crippen LogP contribution in [0, 0.1) is 0 Å². The number of Topliss-reactive ketones (excluding diaryl/α,β-unsaturated/α-hetero) is 1. The van der Waals surface area contributed by atoms with Crippen molar-refractivity contribution in [2.75, 3.05) is 5.32 Å². The number of hydrogen-bond acceptors (Lipinski definition) is 2. The smallest absolute Gasteiger partial charge is 0.322 e. The number of carbonyl (C=O) groups is 2. The van der Waals surface area contributed by atoms with Gasteiger partial charge in [-0.2, -0.15) is 13.2 Å². The molecule has 0 saturated heterocycles. The molecule has 0 saturated carbocycles. The minimum atomic E-state index is -4.39. The number of nitrogens with one attached hydrogen (secondary N) is 1. The van der Waals surface area contributed by atoms with Gasteiger partial charge in [-0.15, -0.1) is 0 Å². The van der Waals surface area contributed by atoms with Crippen molar-refractivity contribution in [2.24, 2.45) is 0 Å². The van der Waals surface area contributed by atoms with Crippen molar-refractivity contribution in [3.05, 3.63) is 71.3 Å². The Morgan fingerprint density at radius 2 is 1.62 bits per heavy atom. The molecule has 0 fully saturated rings. The summed E-state index contributed by atoms with van der Waals surface area (Å²) in [7, 11) is 0. The van der Waals surface area contributed by atoms with E-state index in [4.69, 9.17) is 0 Å². The van der Waals surface area contributed by atoms with Crippen LogP contribution in [0.25, 0.3) is 6.08 Å². The number of para-hydroxylation sites is 1. The minimum Gasteiger partial charge on any atom is -0.322 e. The maximum atomic E-state index is 12.5. The maximum Gasteiger partial charge on any atom is 0.416 e. The van der Waals surface area contributed by atoms with Gasteiger partial charge in [0.05, 0.1) is 11.3 Å². The second-order valence-corrected chi connectivity index (χ2v) is 5.04. The van der Waals surface area contributed by atoms with E-state index >= 15 is 0 Å². The molecule has 0 unspecified atom stereocenters. The van der Waals surface area contributed by atoms with Gasteiger partial charge < -0.3 is 5.32 Å². The lowest BCUT2D eigenvalue weighted by molar-refractivity contribution is -0.137. The molecule has 1 amide bonds. The van der Waals surface area contributed by atoms with Gasteiger partial charge in [-0.25, -0.2) is 0 Å². The van der Waals surface area contributed by atoms with Crippen LogP contribution in [0.2, 0.25) is 0 Å². The monoisotopic (exact) mass is 333 g/mol. The van der Waals surface area contributed by atoms with Crippen LogP contribution in [0.4, 0.5) is 18.9 Å². The van der Waals surface area contributed by atoms with Crippen LogP contribution in [0.15, 0.2) is 54.6 Å². The summed E-state index contributed by atoms with van der Waals surface area (Å²) in [5, 5.41) is 2.57. The molecule has 0 radical (unpaired) electrons. The van der Waals surface area contributed by atoms with Gasteiger partial charge in [0.25, 0.3) is 0 Å². The summed E-state index contributed by atoms with van der Waals surface area (Å²) in [6.45, 7) is 1.39. The molecule has 6 heteroatoms. The summed E-state index contributed by atoms with van der Waals surface area (Å²) in [6, 6.07) is 11.0. The molecule has 0 spiro atoms. The molecular weight excluding hydrogens is 319 g/mol. The largest absolute Gasteiger partial charge is 0.416 e. The van der Waals surface area contributed by atoms with Crippen molar-refractivity contribution in [1.82, 2.24) is 0 Å². The Morgan fingerprint density at radius 3 is 2.21 bits per heavy atom. The Hall–Kier alpha value is -2.89. The van der Waals surface area contributed by atoms with Crippen LogP contribution in [0.3, 0.4) is 0 Å². The molecule has 0 bridgehead atoms. The van der Waals surface area contributed by atoms with Crippen LogP contribution in [0.1, 0.15) is 28.4 Å². The first kappa shape index (κ1) is 17.5. The van der Waals surface area contributed by atoms with Gasteiger partial charge in [0.15, 0.2) is 5.78 Å². The van der Waals surface area contributed by atoms with Crippen molar-refractivity contribution in [2.45, 2.75) is 13.1 Å². The zero-order valence-electron chi connectivity index (χ0n) is 12.7. The number of amides is 1. The first-order chi connectivity index (χ1) is 11.3. The number of hydrogen-bond donors (Lipinski definition) is 1. The van der Waals surface area contributed by atoms with Crippen LogP contribution >= 0.6 is 0 Å². The van der Waals surface area contributed by atoms with Crippen molar-refractivity contribution < 1.29 is 22.8 Å². The van der Waals surface area contributed by atoms with E-state index in [0.29, 0.717) is 16.8 Å². The molecule has 2 aromatic rings. The zero-order chi connectivity index (χ0) is 17.7. The molecule has 2 rings (SSSR count). The molecule has 24 heavy (non-hydrogen) atoms. The molecule has 0 aromatic heterocycles. The zero-order valence-corrected chi connectivity index (χ0v) is 12.7. The molecular formula is C18H14F3NO2. The summed E-state index contributed by atoms with van der Waals surface area (Å²) in [6.07, 6.45) is -1.80. The summed E-state index contributed by atoms with van der Waals surface area (Å²) in [4.78, 5) is 23.4. The number of alkyl halides is 3. The second kappa shape index (κ2) is 7.12. The third-order valence-corrected chi connectivity index (χ3v) is 3.23. The lowest BCUT2D eigenvalue weighted by atomic mass is 10.1. The number of rotatable bonds is 4. The highest BCUT2D eigenvalue weighted by molar-refractivity contribution is 6.07. The van der Waals surface area contributed by atoms with E-state index in [1.54, 1.807) is 24.3 Å². The molecule has 124 valence electrons. The van der Waals surface area contributed by atoms with Gasteiger partial charge in [-0.1, -0.05) is 24.3 Å². The predicted octanol–water partition coefficient (Wildman–Crippen LogP) is 4.56. The fraction of sp³-hybridized carbons (Fsp3) is 0.111. The standard InChI is InChI=1S/C18H14F3NO2/c1-12(23)15-4-2-3-5-16(15)22-17(24)11-8-13-6-9-14(10-7-13)18(19,20)21/h2-11H,1H3,(H,22,24). The first-order valence-electron chi connectivity index (χ1n) is 7.03. The lowest BCUT2D eigenvalue weighted by Gasteiger charge is -2.07. The van der Waals surface area contributed by atoms with Gasteiger partial charge in [0.1, 0.15) is 0 Å². The fourth-order valence-electron chi connectivity index (χ4n) is 2.03. The molecule has 0 aliphatic rings. The third kappa shape index (κ3) is 4.55. The van der Waals surface area contributed by atoms with Gasteiger partial charge in [-0.3, -0.25) is 9.59 Å². The Balaban J connectivity index is 2.07. The van der Waals surface area contributed by atoms with E-state index in [2.05, 4.69) is 5.32 Å². The average Bonchev–Trinajstić information content (AvgIpc) is 2.53. The molecule has 2 aromatic carbocycles. The number of carbonyl (C=O) groups excluding carboxylic acids is 2. The van der Waals surface area contributed by atoms with E-state index in [9.17, 15) is 22.8 Å². The highest BCUT2D eigenvalue weighted by Crippen LogP contribution is 2.29. The normalized spacial score (nSPS) is 11.5. The van der Waals surface area contributed by atoms with E-state index in [-0.39, 0.29) is 5.78 Å². The van der Waals surface area contributed by atoms with Crippen molar-refractivity contribution >= 4 is 23.5 Å². The molecule has 0 heterocycles. The average molecular weight is 333 g/mol. The van der Waals surface area contributed by atoms with Gasteiger partial charge in [0.2, 0.25) is 5.91 Å². The minimum absolute atomic E-state index is 0.183. The topological polar surface area (TPSA) is 46.2 Å². The summed E-state index contributed by atoms with van der Waals surface area (Å²) < 4.78 is 37.4. The van der Waals surface area contributed by atoms with Crippen molar-refractivity contribution in [3.63, 3.8) is 0 Å². The van der Waals surface area contributed by atoms with Crippen LogP contribution in [-0.2, 0) is 11.0 Å². The number of halogens is 3. The summed E-state index contributed by atoms with van der Waals surface area (Å²) >= 11 is 0. The quantitative estimate of drug-likeness (QED) is 0.658. The van der Waals surface area contributed by atoms with Crippen molar-refractivity contribution in [3.8, 4) is 0 Å². The first-order valence-corrected chi connectivity index (χ1v) is 7.03. The molecule has 0 aliphatic heterocycles. The molecule has 1 N–H and O–H groups in total. The second-order valence-electron chi connectivity index (χ2n) is 5.04. The number of benzene rings is 2. The highest BCUT2D eigenvalue weighted by Gasteiger charge is 2.29. The van der Waals surface area contributed by atoms with E-state index in [1.165, 1.54) is 31.2 Å². The van der Waals surface area contributed by atoms with Crippen LogP contribution in [-0.4, -0.2) is 11.7 Å². The maximum absolute atomic E-state index is 12.5. The van der Waals surface area contributed by atoms with Crippen LogP contribution in [0.5, 0.6) is 0 Å². The van der Waals surface area contributed by atoms with Crippen LogP contribution < -0.4 is 5.32 Å². The van der Waals surface area contributed by atoms with Crippen molar-refractivity contribution in [1.29, 1.82) is 0 Å². The molecule has 0 aliphatic carbocycles. The van der Waals surface area contributed by atoms with Gasteiger partial charge in [0, 0.05) is 11.6 Å². The Bertz CT molecular complexity index is 778. The Kier molecular flexibility index (Phi) is 5.18. The highest BCUT2D eigenvalue weighted by atomic mass is 19.4. The SMILES string of the molecule is CC(=O)c1ccccc1NC(=O)C=Cc1ccc(C(F)(F)F)cc1. The Morgan fingerprint density at radius 1 is 1.00 bits per heavy atom. The summed E-state index contributed by atoms with van der Waals surface area (Å²) in [5.41, 5.74) is 0.471. The Labute approximate surface area is 136 Å². The summed E-state index contributed by atoms with van der Waals surface area (Å²) in [5.74, 6) is -0.666. The molecule has 3 nitrogen and oxygen atoms in total. The third-order valence-electron chi connectivity index (χ3n) is 3.23. The fourth-order valence-corrected chi connectivity index (χ4v) is 2.03. The van der Waals surface area contributed by atoms with Gasteiger partial charge >= 0.3 is 6.18 Å². The number of anilines is 1. The van der Waals surface area contributed by atoms with E-state index in [0.717, 1.165) is 12.1 Å². The van der Waals surface area contributed by atoms with E-state index < -0.39 is 17.6 Å². The number of ketones is 1. The molecule has 0 atom stereocenters. The van der Waals surface area contributed by atoms with E-state index in [1.807, 2.05) is 0 Å². The predicted molar refractivity (Wildman–Crippen MR) is 85.6 cm³/mol. The lowest BCUT2D eigenvalue weighted by Crippen LogP contribution is -2.11. The van der Waals surface area contributed by atoms with Gasteiger partial charge in [-0.05, 0) is 42.8 Å².